The van der Waals surface area contributed by atoms with E-state index >= 15 is 0 Å². The summed E-state index contributed by atoms with van der Waals surface area (Å²) in [5, 5.41) is 3.32. The molecule has 0 aliphatic rings. The Morgan fingerprint density at radius 2 is 2.25 bits per heavy atom. The van der Waals surface area contributed by atoms with Crippen molar-refractivity contribution in [3.05, 3.63) is 34.1 Å². The van der Waals surface area contributed by atoms with Crippen LogP contribution < -0.4 is 5.32 Å². The minimum atomic E-state index is -0.179. The second-order valence-electron chi connectivity index (χ2n) is 3.46. The monoisotopic (exact) mass is 305 g/mol. The fourth-order valence-electron chi connectivity index (χ4n) is 1.35. The fraction of sp³-hybridized carbons (Fsp3) is 0.500. The highest BCUT2D eigenvalue weighted by Crippen LogP contribution is 2.17. The van der Waals surface area contributed by atoms with E-state index in [-0.39, 0.29) is 5.82 Å². The Morgan fingerprint density at radius 3 is 3.00 bits per heavy atom. The molecule has 1 nitrogen and oxygen atoms in total. The number of nitrogens with one attached hydrogen (secondary N) is 1. The maximum absolute atomic E-state index is 13.0. The van der Waals surface area contributed by atoms with Gasteiger partial charge in [0, 0.05) is 11.0 Å². The molecule has 0 aliphatic heterocycles. The molecule has 1 rings (SSSR count). The molecule has 0 bridgehead atoms. The number of benzene rings is 1. The number of rotatable bonds is 7. The molecule has 0 saturated carbocycles. The molecule has 0 atom stereocenters. The van der Waals surface area contributed by atoms with Crippen molar-refractivity contribution in [1.82, 2.24) is 5.32 Å². The molecule has 0 unspecified atom stereocenters. The molecule has 0 fully saturated rings. The van der Waals surface area contributed by atoms with Gasteiger partial charge in [0.2, 0.25) is 0 Å². The van der Waals surface area contributed by atoms with Crippen LogP contribution in [0.1, 0.15) is 18.9 Å². The highest BCUT2D eigenvalue weighted by Gasteiger charge is 2.00. The minimum absolute atomic E-state index is 0.179. The van der Waals surface area contributed by atoms with Crippen molar-refractivity contribution >= 4 is 27.7 Å². The van der Waals surface area contributed by atoms with Crippen LogP contribution in [0.4, 0.5) is 4.39 Å². The topological polar surface area (TPSA) is 12.0 Å². The van der Waals surface area contributed by atoms with Gasteiger partial charge in [0.15, 0.2) is 0 Å². The van der Waals surface area contributed by atoms with Gasteiger partial charge in [0.05, 0.1) is 0 Å². The van der Waals surface area contributed by atoms with Crippen molar-refractivity contribution < 1.29 is 4.39 Å². The lowest BCUT2D eigenvalue weighted by atomic mass is 10.2. The first-order valence-electron chi connectivity index (χ1n) is 5.46. The van der Waals surface area contributed by atoms with Crippen LogP contribution in [0.25, 0.3) is 0 Å². The molecule has 0 saturated heterocycles. The summed E-state index contributed by atoms with van der Waals surface area (Å²) in [4.78, 5) is 0. The van der Waals surface area contributed by atoms with Crippen LogP contribution in [-0.4, -0.2) is 18.1 Å². The smallest absolute Gasteiger partial charge is 0.123 e. The predicted octanol–water partition coefficient (Wildman–Crippen LogP) is 3.82. The van der Waals surface area contributed by atoms with Crippen LogP contribution in [0.15, 0.2) is 22.7 Å². The third kappa shape index (κ3) is 5.32. The fourth-order valence-corrected chi connectivity index (χ4v) is 2.37. The molecular weight excluding hydrogens is 289 g/mol. The number of thioether (sulfide) groups is 1. The number of hydrogen-bond acceptors (Lipinski definition) is 2. The van der Waals surface area contributed by atoms with Crippen molar-refractivity contribution in [2.45, 2.75) is 19.9 Å². The van der Waals surface area contributed by atoms with Gasteiger partial charge in [-0.3, -0.25) is 0 Å². The molecule has 1 aromatic carbocycles. The standard InChI is InChI=1S/C12H17BrFNS/c1-2-16-7-3-6-15-9-10-8-11(14)4-5-12(10)13/h4-5,8,15H,2-3,6-7,9H2,1H3. The Kier molecular flexibility index (Phi) is 7.08. The quantitative estimate of drug-likeness (QED) is 0.769. The molecule has 1 aromatic rings. The van der Waals surface area contributed by atoms with E-state index in [9.17, 15) is 4.39 Å². The van der Waals surface area contributed by atoms with Crippen molar-refractivity contribution in [1.29, 1.82) is 0 Å². The van der Waals surface area contributed by atoms with Crippen molar-refractivity contribution in [2.24, 2.45) is 0 Å². The average molecular weight is 306 g/mol. The Balaban J connectivity index is 2.23. The van der Waals surface area contributed by atoms with E-state index < -0.39 is 0 Å². The lowest BCUT2D eigenvalue weighted by Crippen LogP contribution is -2.15. The molecule has 0 spiro atoms. The normalized spacial score (nSPS) is 10.7. The molecule has 4 heteroatoms. The van der Waals surface area contributed by atoms with Crippen LogP contribution in [-0.2, 0) is 6.54 Å². The predicted molar refractivity (Wildman–Crippen MR) is 73.4 cm³/mol. The first kappa shape index (κ1) is 14.0. The van der Waals surface area contributed by atoms with Gasteiger partial charge in [-0.1, -0.05) is 22.9 Å². The van der Waals surface area contributed by atoms with Gasteiger partial charge in [-0.25, -0.2) is 4.39 Å². The molecule has 1 N–H and O–H groups in total. The largest absolute Gasteiger partial charge is 0.313 e. The van der Waals surface area contributed by atoms with Crippen molar-refractivity contribution in [2.75, 3.05) is 18.1 Å². The SMILES string of the molecule is CCSCCCNCc1cc(F)ccc1Br. The van der Waals surface area contributed by atoms with Crippen LogP contribution in [0, 0.1) is 5.82 Å². The van der Waals surface area contributed by atoms with Crippen LogP contribution in [0.5, 0.6) is 0 Å². The second-order valence-corrected chi connectivity index (χ2v) is 5.71. The summed E-state index contributed by atoms with van der Waals surface area (Å²) in [7, 11) is 0. The lowest BCUT2D eigenvalue weighted by Gasteiger charge is -2.06. The van der Waals surface area contributed by atoms with Crippen molar-refractivity contribution in [3.8, 4) is 0 Å². The van der Waals surface area contributed by atoms with Gasteiger partial charge in [0.1, 0.15) is 5.82 Å². The van der Waals surface area contributed by atoms with Crippen molar-refractivity contribution in [3.63, 3.8) is 0 Å². The maximum Gasteiger partial charge on any atom is 0.123 e. The second kappa shape index (κ2) is 8.09. The van der Waals surface area contributed by atoms with Crippen LogP contribution >= 0.6 is 27.7 Å². The molecule has 90 valence electrons. The molecule has 0 aliphatic carbocycles. The Hall–Kier alpha value is -0.0600. The van der Waals surface area contributed by atoms with Gasteiger partial charge in [-0.05, 0) is 48.2 Å². The van der Waals surface area contributed by atoms with Crippen LogP contribution in [0.2, 0.25) is 0 Å². The van der Waals surface area contributed by atoms with E-state index in [1.54, 1.807) is 12.1 Å². The zero-order valence-electron chi connectivity index (χ0n) is 9.43. The Morgan fingerprint density at radius 1 is 1.44 bits per heavy atom. The summed E-state index contributed by atoms with van der Waals surface area (Å²) in [5.41, 5.74) is 0.975. The summed E-state index contributed by atoms with van der Waals surface area (Å²) < 4.78 is 13.9. The Bertz CT molecular complexity index is 320. The molecule has 16 heavy (non-hydrogen) atoms. The van der Waals surface area contributed by atoms with Gasteiger partial charge in [-0.15, -0.1) is 0 Å². The zero-order valence-corrected chi connectivity index (χ0v) is 11.8. The van der Waals surface area contributed by atoms with E-state index in [0.717, 1.165) is 29.5 Å². The van der Waals surface area contributed by atoms with Crippen LogP contribution in [0.3, 0.4) is 0 Å². The molecule has 0 heterocycles. The minimum Gasteiger partial charge on any atom is -0.313 e. The van der Waals surface area contributed by atoms with E-state index in [4.69, 9.17) is 0 Å². The molecular formula is C12H17BrFNS. The van der Waals surface area contributed by atoms with E-state index in [2.05, 4.69) is 28.2 Å². The first-order valence-corrected chi connectivity index (χ1v) is 7.41. The Labute approximate surface area is 109 Å². The summed E-state index contributed by atoms with van der Waals surface area (Å²) in [6.07, 6.45) is 1.16. The van der Waals surface area contributed by atoms with Gasteiger partial charge in [0.25, 0.3) is 0 Å². The van der Waals surface area contributed by atoms with Gasteiger partial charge < -0.3 is 5.32 Å². The zero-order chi connectivity index (χ0) is 11.8. The highest BCUT2D eigenvalue weighted by atomic mass is 79.9. The van der Waals surface area contributed by atoms with E-state index in [1.165, 1.54) is 17.6 Å². The maximum atomic E-state index is 13.0. The van der Waals surface area contributed by atoms with Gasteiger partial charge in [-0.2, -0.15) is 11.8 Å². The first-order chi connectivity index (χ1) is 7.74. The average Bonchev–Trinajstić information content (AvgIpc) is 2.28. The molecule has 0 amide bonds. The molecule has 0 aromatic heterocycles. The summed E-state index contributed by atoms with van der Waals surface area (Å²) in [5.74, 6) is 2.19. The number of hydrogen-bond donors (Lipinski definition) is 1. The third-order valence-electron chi connectivity index (χ3n) is 2.17. The summed E-state index contributed by atoms with van der Waals surface area (Å²) in [6.45, 7) is 3.87. The lowest BCUT2D eigenvalue weighted by molar-refractivity contribution is 0.618. The summed E-state index contributed by atoms with van der Waals surface area (Å²) in [6, 6.07) is 4.78. The highest BCUT2D eigenvalue weighted by molar-refractivity contribution is 9.10. The summed E-state index contributed by atoms with van der Waals surface area (Å²) >= 11 is 5.36. The number of halogens is 2. The van der Waals surface area contributed by atoms with Gasteiger partial charge >= 0.3 is 0 Å². The van der Waals surface area contributed by atoms with E-state index in [0.29, 0.717) is 0 Å². The third-order valence-corrected chi connectivity index (χ3v) is 3.93. The van der Waals surface area contributed by atoms with E-state index in [1.807, 2.05) is 11.8 Å². The molecule has 0 radical (unpaired) electrons.